The monoisotopic (exact) mass is 363 g/mol. The van der Waals surface area contributed by atoms with Crippen molar-refractivity contribution in [3.05, 3.63) is 60.2 Å². The van der Waals surface area contributed by atoms with Crippen LogP contribution in [0.15, 0.2) is 49.1 Å². The van der Waals surface area contributed by atoms with Gasteiger partial charge in [-0.25, -0.2) is 4.98 Å². The Labute approximate surface area is 147 Å². The molecule has 0 atom stereocenters. The topological polar surface area (TPSA) is 71.3 Å². The highest BCUT2D eigenvalue weighted by molar-refractivity contribution is 5.76. The Morgan fingerprint density at radius 3 is 2.88 bits per heavy atom. The van der Waals surface area contributed by atoms with E-state index in [9.17, 15) is 18.0 Å². The van der Waals surface area contributed by atoms with Crippen LogP contribution >= 0.6 is 0 Å². The van der Waals surface area contributed by atoms with Crippen LogP contribution < -0.4 is 10.6 Å². The molecule has 2 heterocycles. The average Bonchev–Trinajstić information content (AvgIpc) is 3.03. The van der Waals surface area contributed by atoms with E-state index in [1.165, 1.54) is 6.07 Å². The highest BCUT2D eigenvalue weighted by Crippen LogP contribution is 2.29. The van der Waals surface area contributed by atoms with Crippen LogP contribution in [0.2, 0.25) is 0 Å². The molecule has 9 heteroatoms. The summed E-state index contributed by atoms with van der Waals surface area (Å²) in [7, 11) is 0. The minimum atomic E-state index is -4.40. The van der Waals surface area contributed by atoms with Crippen molar-refractivity contribution in [3.8, 4) is 0 Å². The van der Waals surface area contributed by atoms with Crippen molar-refractivity contribution in [2.24, 2.45) is 0 Å². The first-order valence-corrected chi connectivity index (χ1v) is 7.87. The van der Waals surface area contributed by atoms with E-state index in [4.69, 9.17) is 0 Å². The molecule has 26 heavy (non-hydrogen) atoms. The van der Waals surface area contributed by atoms with Gasteiger partial charge in [0, 0.05) is 31.9 Å². The van der Waals surface area contributed by atoms with Crippen molar-refractivity contribution < 1.29 is 18.0 Å². The Balaban J connectivity index is 1.47. The normalized spacial score (nSPS) is 11.5. The van der Waals surface area contributed by atoms with Gasteiger partial charge in [0.25, 0.3) is 0 Å². The number of fused-ring (bicyclic) bond motifs is 1. The second-order valence-electron chi connectivity index (χ2n) is 5.60. The van der Waals surface area contributed by atoms with Crippen LogP contribution in [-0.2, 0) is 17.5 Å². The summed E-state index contributed by atoms with van der Waals surface area (Å²) in [5.41, 5.74) is 0.354. The van der Waals surface area contributed by atoms with E-state index in [2.05, 4.69) is 20.6 Å². The van der Waals surface area contributed by atoms with E-state index in [0.29, 0.717) is 17.8 Å². The second-order valence-corrected chi connectivity index (χ2v) is 5.60. The van der Waals surface area contributed by atoms with E-state index in [-0.39, 0.29) is 18.9 Å². The molecule has 0 saturated carbocycles. The molecule has 3 aromatic rings. The molecule has 0 spiro atoms. The summed E-state index contributed by atoms with van der Waals surface area (Å²) >= 11 is 0. The van der Waals surface area contributed by atoms with Gasteiger partial charge in [-0.3, -0.25) is 14.2 Å². The zero-order valence-electron chi connectivity index (χ0n) is 13.6. The molecular weight excluding hydrogens is 347 g/mol. The number of benzene rings is 1. The van der Waals surface area contributed by atoms with Crippen LogP contribution in [-0.4, -0.2) is 26.8 Å². The lowest BCUT2D eigenvalue weighted by Gasteiger charge is -2.10. The van der Waals surface area contributed by atoms with Gasteiger partial charge in [0.05, 0.1) is 18.0 Å². The largest absolute Gasteiger partial charge is 0.416 e. The van der Waals surface area contributed by atoms with Crippen LogP contribution in [0.5, 0.6) is 0 Å². The van der Waals surface area contributed by atoms with Gasteiger partial charge in [-0.05, 0) is 17.7 Å². The number of aromatic nitrogens is 3. The number of amides is 1. The molecule has 0 bridgehead atoms. The smallest absolute Gasteiger partial charge is 0.369 e. The van der Waals surface area contributed by atoms with Gasteiger partial charge in [0.1, 0.15) is 5.82 Å². The van der Waals surface area contributed by atoms with Crippen molar-refractivity contribution in [3.63, 3.8) is 0 Å². The molecule has 0 unspecified atom stereocenters. The first-order valence-electron chi connectivity index (χ1n) is 7.87. The lowest BCUT2D eigenvalue weighted by Crippen LogP contribution is -2.25. The molecule has 0 saturated heterocycles. The summed E-state index contributed by atoms with van der Waals surface area (Å²) in [6.07, 6.45) is 2.41. The van der Waals surface area contributed by atoms with E-state index in [1.54, 1.807) is 35.3 Å². The third-order valence-electron chi connectivity index (χ3n) is 3.72. The molecule has 0 fully saturated rings. The van der Waals surface area contributed by atoms with Gasteiger partial charge in [0.15, 0.2) is 5.65 Å². The van der Waals surface area contributed by atoms with Crippen LogP contribution in [0.4, 0.5) is 19.0 Å². The highest BCUT2D eigenvalue weighted by atomic mass is 19.4. The number of nitrogens with one attached hydrogen (secondary N) is 2. The molecule has 1 amide bonds. The quantitative estimate of drug-likeness (QED) is 0.707. The number of rotatable bonds is 6. The van der Waals surface area contributed by atoms with Crippen molar-refractivity contribution in [1.82, 2.24) is 19.7 Å². The number of hydrogen-bond acceptors (Lipinski definition) is 4. The standard InChI is InChI=1S/C17H16F3N5O/c18-17(19,20)13-3-1-2-12(8-13)9-24-16(26)4-5-22-15-11-23-14-10-21-6-7-25(14)15/h1-3,6-8,10-11,22H,4-5,9H2,(H,24,26). The Bertz CT molecular complexity index is 907. The maximum absolute atomic E-state index is 12.7. The number of carbonyl (C=O) groups excluding carboxylic acids is 1. The predicted molar refractivity (Wildman–Crippen MR) is 89.4 cm³/mol. The number of anilines is 1. The second kappa shape index (κ2) is 7.42. The fourth-order valence-corrected chi connectivity index (χ4v) is 2.42. The third-order valence-corrected chi connectivity index (χ3v) is 3.72. The minimum Gasteiger partial charge on any atom is -0.369 e. The molecule has 0 radical (unpaired) electrons. The van der Waals surface area contributed by atoms with Crippen molar-refractivity contribution >= 4 is 17.4 Å². The fourth-order valence-electron chi connectivity index (χ4n) is 2.42. The summed E-state index contributed by atoms with van der Waals surface area (Å²) in [5.74, 6) is 0.471. The number of imidazole rings is 1. The van der Waals surface area contributed by atoms with Crippen molar-refractivity contribution in [1.29, 1.82) is 0 Å². The summed E-state index contributed by atoms with van der Waals surface area (Å²) < 4.78 is 39.8. The maximum Gasteiger partial charge on any atom is 0.416 e. The predicted octanol–water partition coefficient (Wildman–Crippen LogP) is 2.87. The first kappa shape index (κ1) is 17.7. The Hall–Kier alpha value is -3.10. The molecule has 2 N–H and O–H groups in total. The van der Waals surface area contributed by atoms with Crippen LogP contribution in [0, 0.1) is 0 Å². The van der Waals surface area contributed by atoms with Gasteiger partial charge >= 0.3 is 6.18 Å². The van der Waals surface area contributed by atoms with Crippen LogP contribution in [0.3, 0.4) is 0 Å². The summed E-state index contributed by atoms with van der Waals surface area (Å²) in [6, 6.07) is 4.90. The number of nitrogens with zero attached hydrogens (tertiary/aromatic N) is 3. The van der Waals surface area contributed by atoms with E-state index in [0.717, 1.165) is 18.0 Å². The van der Waals surface area contributed by atoms with Gasteiger partial charge in [0.2, 0.25) is 5.91 Å². The summed E-state index contributed by atoms with van der Waals surface area (Å²) in [6.45, 7) is 0.411. The maximum atomic E-state index is 12.7. The number of halogens is 3. The Kier molecular flexibility index (Phi) is 5.06. The van der Waals surface area contributed by atoms with Crippen LogP contribution in [0.25, 0.3) is 5.65 Å². The summed E-state index contributed by atoms with van der Waals surface area (Å²) in [5, 5.41) is 5.71. The van der Waals surface area contributed by atoms with E-state index < -0.39 is 11.7 Å². The first-order chi connectivity index (χ1) is 12.4. The molecule has 1 aromatic carbocycles. The molecule has 2 aromatic heterocycles. The zero-order chi connectivity index (χ0) is 18.6. The number of hydrogen-bond donors (Lipinski definition) is 2. The third kappa shape index (κ3) is 4.29. The number of alkyl halides is 3. The van der Waals surface area contributed by atoms with Gasteiger partial charge in [-0.2, -0.15) is 13.2 Å². The molecule has 6 nitrogen and oxygen atoms in total. The average molecular weight is 363 g/mol. The minimum absolute atomic E-state index is 0.0457. The molecule has 3 rings (SSSR count). The lowest BCUT2D eigenvalue weighted by atomic mass is 10.1. The van der Waals surface area contributed by atoms with Gasteiger partial charge in [-0.1, -0.05) is 12.1 Å². The van der Waals surface area contributed by atoms with Crippen molar-refractivity contribution in [2.75, 3.05) is 11.9 Å². The lowest BCUT2D eigenvalue weighted by molar-refractivity contribution is -0.137. The summed E-state index contributed by atoms with van der Waals surface area (Å²) in [4.78, 5) is 20.0. The van der Waals surface area contributed by atoms with Gasteiger partial charge < -0.3 is 10.6 Å². The Morgan fingerprint density at radius 1 is 1.23 bits per heavy atom. The molecular formula is C17H16F3N5O. The Morgan fingerprint density at radius 2 is 2.08 bits per heavy atom. The van der Waals surface area contributed by atoms with E-state index >= 15 is 0 Å². The van der Waals surface area contributed by atoms with Crippen LogP contribution in [0.1, 0.15) is 17.5 Å². The van der Waals surface area contributed by atoms with E-state index in [1.807, 2.05) is 0 Å². The number of carbonyl (C=O) groups is 1. The SMILES string of the molecule is O=C(CCNc1cnc2cnccn12)NCc1cccc(C(F)(F)F)c1. The zero-order valence-corrected chi connectivity index (χ0v) is 13.6. The molecule has 136 valence electrons. The molecule has 0 aliphatic rings. The fraction of sp³-hybridized carbons (Fsp3) is 0.235. The molecule has 0 aliphatic heterocycles. The van der Waals surface area contributed by atoms with Crippen molar-refractivity contribution in [2.45, 2.75) is 19.1 Å². The molecule has 0 aliphatic carbocycles. The highest BCUT2D eigenvalue weighted by Gasteiger charge is 2.30. The van der Waals surface area contributed by atoms with Gasteiger partial charge in [-0.15, -0.1) is 0 Å².